The first-order valence-electron chi connectivity index (χ1n) is 9.10. The van der Waals surface area contributed by atoms with Crippen LogP contribution in [0.1, 0.15) is 11.4 Å². The highest BCUT2D eigenvalue weighted by atomic mass is 16.6. The lowest BCUT2D eigenvalue weighted by Gasteiger charge is -2.20. The number of carbonyl (C=O) groups is 1. The number of fused-ring (bicyclic) bond motifs is 2. The van der Waals surface area contributed by atoms with Crippen molar-refractivity contribution in [3.63, 3.8) is 0 Å². The number of ether oxygens (including phenoxy) is 3. The average Bonchev–Trinajstić information content (AvgIpc) is 3.14. The predicted molar refractivity (Wildman–Crippen MR) is 106 cm³/mol. The number of amides is 1. The number of aromatic amines is 1. The monoisotopic (exact) mass is 379 g/mol. The van der Waals surface area contributed by atoms with E-state index in [0.717, 1.165) is 22.4 Å². The Morgan fingerprint density at radius 2 is 2.14 bits per heavy atom. The number of hydrogen-bond acceptors (Lipinski definition) is 5. The van der Waals surface area contributed by atoms with E-state index in [1.807, 2.05) is 36.4 Å². The fraction of sp³-hybridized carbons (Fsp3) is 0.238. The van der Waals surface area contributed by atoms with Gasteiger partial charge in [0.25, 0.3) is 0 Å². The van der Waals surface area contributed by atoms with Gasteiger partial charge >= 0.3 is 0 Å². The molecule has 2 N–H and O–H groups in total. The number of nitrogens with zero attached hydrogens (tertiary/aromatic N) is 1. The van der Waals surface area contributed by atoms with Gasteiger partial charge in [-0.05, 0) is 35.9 Å². The number of imidazole rings is 1. The largest absolute Gasteiger partial charge is 0.493 e. The van der Waals surface area contributed by atoms with E-state index in [0.29, 0.717) is 43.4 Å². The normalized spacial score (nSPS) is 13.0. The molecule has 7 heteroatoms. The Hall–Kier alpha value is -3.48. The first-order valence-corrected chi connectivity index (χ1v) is 9.10. The molecule has 2 aromatic carbocycles. The molecule has 28 heavy (non-hydrogen) atoms. The van der Waals surface area contributed by atoms with Gasteiger partial charge in [0.05, 0.1) is 18.1 Å². The summed E-state index contributed by atoms with van der Waals surface area (Å²) in [6, 6.07) is 11.5. The molecule has 4 rings (SSSR count). The minimum Gasteiger partial charge on any atom is -0.493 e. The topological polar surface area (TPSA) is 85.5 Å². The van der Waals surface area contributed by atoms with E-state index in [4.69, 9.17) is 14.2 Å². The maximum atomic E-state index is 12.1. The van der Waals surface area contributed by atoms with Crippen molar-refractivity contribution in [2.24, 2.45) is 0 Å². The SMILES string of the molecule is COc1cc(/C=C/C(=O)NCCc2nc3ccccc3[nH]2)cc2c1OCCO2. The fourth-order valence-electron chi connectivity index (χ4n) is 3.05. The van der Waals surface area contributed by atoms with E-state index < -0.39 is 0 Å². The van der Waals surface area contributed by atoms with Crippen LogP contribution in [0.4, 0.5) is 0 Å². The van der Waals surface area contributed by atoms with Gasteiger partial charge in [-0.3, -0.25) is 4.79 Å². The van der Waals surface area contributed by atoms with Crippen LogP contribution in [0.25, 0.3) is 17.1 Å². The van der Waals surface area contributed by atoms with Gasteiger partial charge in [0, 0.05) is 19.0 Å². The van der Waals surface area contributed by atoms with Crippen LogP contribution in [-0.2, 0) is 11.2 Å². The van der Waals surface area contributed by atoms with Gasteiger partial charge in [0.15, 0.2) is 11.5 Å². The van der Waals surface area contributed by atoms with Gasteiger partial charge in [-0.2, -0.15) is 0 Å². The summed E-state index contributed by atoms with van der Waals surface area (Å²) >= 11 is 0. The molecule has 0 saturated heterocycles. The van der Waals surface area contributed by atoms with Crippen molar-refractivity contribution in [1.29, 1.82) is 0 Å². The molecule has 3 aromatic rings. The molecule has 0 fully saturated rings. The molecule has 0 saturated carbocycles. The van der Waals surface area contributed by atoms with Crippen molar-refractivity contribution in [2.75, 3.05) is 26.9 Å². The number of aromatic nitrogens is 2. The van der Waals surface area contributed by atoms with E-state index in [9.17, 15) is 4.79 Å². The maximum absolute atomic E-state index is 12.1. The number of benzene rings is 2. The number of para-hydroxylation sites is 2. The molecule has 1 amide bonds. The zero-order valence-electron chi connectivity index (χ0n) is 15.5. The molecule has 1 aliphatic heterocycles. The molecule has 144 valence electrons. The fourth-order valence-corrected chi connectivity index (χ4v) is 3.05. The Labute approximate surface area is 162 Å². The van der Waals surface area contributed by atoms with Crippen molar-refractivity contribution < 1.29 is 19.0 Å². The Morgan fingerprint density at radius 1 is 1.29 bits per heavy atom. The van der Waals surface area contributed by atoms with Crippen LogP contribution in [0.2, 0.25) is 0 Å². The summed E-state index contributed by atoms with van der Waals surface area (Å²) in [7, 11) is 1.58. The minimum absolute atomic E-state index is 0.176. The van der Waals surface area contributed by atoms with E-state index in [1.165, 1.54) is 6.08 Å². The first kappa shape index (κ1) is 17.9. The lowest BCUT2D eigenvalue weighted by atomic mass is 10.1. The van der Waals surface area contributed by atoms with Crippen LogP contribution < -0.4 is 19.5 Å². The zero-order chi connectivity index (χ0) is 19.3. The van der Waals surface area contributed by atoms with Gasteiger partial charge in [0.1, 0.15) is 19.0 Å². The lowest BCUT2D eigenvalue weighted by molar-refractivity contribution is -0.116. The summed E-state index contributed by atoms with van der Waals surface area (Å²) < 4.78 is 16.5. The van der Waals surface area contributed by atoms with Crippen LogP contribution in [0.15, 0.2) is 42.5 Å². The molecule has 0 atom stereocenters. The van der Waals surface area contributed by atoms with E-state index in [1.54, 1.807) is 13.2 Å². The summed E-state index contributed by atoms with van der Waals surface area (Å²) in [5.41, 5.74) is 2.72. The van der Waals surface area contributed by atoms with Crippen LogP contribution >= 0.6 is 0 Å². The Morgan fingerprint density at radius 3 is 3.00 bits per heavy atom. The molecular weight excluding hydrogens is 358 g/mol. The highest BCUT2D eigenvalue weighted by Gasteiger charge is 2.17. The predicted octanol–water partition coefficient (Wildman–Crippen LogP) is 2.71. The number of hydrogen-bond donors (Lipinski definition) is 2. The van der Waals surface area contributed by atoms with Crippen molar-refractivity contribution in [3.8, 4) is 17.2 Å². The second kappa shape index (κ2) is 8.04. The van der Waals surface area contributed by atoms with E-state index in [-0.39, 0.29) is 5.91 Å². The lowest BCUT2D eigenvalue weighted by Crippen LogP contribution is -2.23. The van der Waals surface area contributed by atoms with Gasteiger partial charge in [-0.1, -0.05) is 12.1 Å². The second-order valence-electron chi connectivity index (χ2n) is 6.32. The third-order valence-electron chi connectivity index (χ3n) is 4.38. The van der Waals surface area contributed by atoms with Crippen LogP contribution in [0.3, 0.4) is 0 Å². The summed E-state index contributed by atoms with van der Waals surface area (Å²) in [5, 5.41) is 2.86. The highest BCUT2D eigenvalue weighted by molar-refractivity contribution is 5.91. The number of nitrogens with one attached hydrogen (secondary N) is 2. The summed E-state index contributed by atoms with van der Waals surface area (Å²) in [6.45, 7) is 1.48. The zero-order valence-corrected chi connectivity index (χ0v) is 15.5. The van der Waals surface area contributed by atoms with E-state index >= 15 is 0 Å². The number of methoxy groups -OCH3 is 1. The van der Waals surface area contributed by atoms with Gasteiger partial charge in [-0.15, -0.1) is 0 Å². The molecule has 2 heterocycles. The number of carbonyl (C=O) groups excluding carboxylic acids is 1. The molecule has 0 spiro atoms. The maximum Gasteiger partial charge on any atom is 0.244 e. The molecule has 0 aliphatic carbocycles. The van der Waals surface area contributed by atoms with Crippen molar-refractivity contribution in [2.45, 2.75) is 6.42 Å². The summed E-state index contributed by atoms with van der Waals surface area (Å²) in [5.74, 6) is 2.48. The number of H-pyrrole nitrogens is 1. The van der Waals surface area contributed by atoms with Gasteiger partial charge in [-0.25, -0.2) is 4.98 Å². The molecule has 1 aliphatic rings. The van der Waals surface area contributed by atoms with Gasteiger partial charge in [0.2, 0.25) is 11.7 Å². The Kier molecular flexibility index (Phi) is 5.14. The molecule has 0 unspecified atom stereocenters. The highest BCUT2D eigenvalue weighted by Crippen LogP contribution is 2.40. The molecule has 1 aromatic heterocycles. The first-order chi connectivity index (χ1) is 13.7. The van der Waals surface area contributed by atoms with Crippen molar-refractivity contribution in [1.82, 2.24) is 15.3 Å². The van der Waals surface area contributed by atoms with Crippen molar-refractivity contribution in [3.05, 3.63) is 53.9 Å². The molecule has 0 radical (unpaired) electrons. The van der Waals surface area contributed by atoms with Crippen LogP contribution in [0, 0.1) is 0 Å². The summed E-state index contributed by atoms with van der Waals surface area (Å²) in [4.78, 5) is 19.9. The van der Waals surface area contributed by atoms with Crippen LogP contribution in [-0.4, -0.2) is 42.7 Å². The quantitative estimate of drug-likeness (QED) is 0.643. The third kappa shape index (κ3) is 3.93. The Balaban J connectivity index is 1.35. The standard InChI is InChI=1S/C21H21N3O4/c1-26-17-12-14(13-18-21(17)28-11-10-27-18)6-7-20(25)22-9-8-19-23-15-4-2-3-5-16(15)24-19/h2-7,12-13H,8-11H2,1H3,(H,22,25)(H,23,24)/b7-6+. The van der Waals surface area contributed by atoms with Crippen LogP contribution in [0.5, 0.6) is 17.2 Å². The second-order valence-corrected chi connectivity index (χ2v) is 6.32. The van der Waals surface area contributed by atoms with E-state index in [2.05, 4.69) is 15.3 Å². The number of rotatable bonds is 6. The Bertz CT molecular complexity index is 975. The molecule has 0 bridgehead atoms. The van der Waals surface area contributed by atoms with Crippen molar-refractivity contribution >= 4 is 23.0 Å². The molecular formula is C21H21N3O4. The van der Waals surface area contributed by atoms with Gasteiger partial charge < -0.3 is 24.5 Å². The summed E-state index contributed by atoms with van der Waals surface area (Å²) in [6.07, 6.45) is 3.84. The smallest absolute Gasteiger partial charge is 0.244 e. The third-order valence-corrected chi connectivity index (χ3v) is 4.38. The molecule has 7 nitrogen and oxygen atoms in total. The minimum atomic E-state index is -0.176. The average molecular weight is 379 g/mol.